The fraction of sp³-hybridized carbons (Fsp3) is 0.333. The van der Waals surface area contributed by atoms with Crippen LogP contribution in [0.25, 0.3) is 0 Å². The van der Waals surface area contributed by atoms with Gasteiger partial charge in [0.25, 0.3) is 0 Å². The first-order valence-corrected chi connectivity index (χ1v) is 4.96. The SMILES string of the molecule is OB(O)c1ccc(B2OCCCO2)cc1. The van der Waals surface area contributed by atoms with Gasteiger partial charge < -0.3 is 19.4 Å². The molecular formula is C9H12B2O4. The van der Waals surface area contributed by atoms with Crippen molar-refractivity contribution in [2.75, 3.05) is 13.2 Å². The van der Waals surface area contributed by atoms with E-state index in [4.69, 9.17) is 19.4 Å². The van der Waals surface area contributed by atoms with Crippen molar-refractivity contribution in [2.45, 2.75) is 6.42 Å². The smallest absolute Gasteiger partial charge is 0.423 e. The van der Waals surface area contributed by atoms with Gasteiger partial charge >= 0.3 is 14.2 Å². The molecule has 1 aliphatic rings. The van der Waals surface area contributed by atoms with Crippen molar-refractivity contribution in [3.05, 3.63) is 24.3 Å². The molecule has 0 aromatic heterocycles. The van der Waals surface area contributed by atoms with Crippen LogP contribution in [0.1, 0.15) is 6.42 Å². The fourth-order valence-electron chi connectivity index (χ4n) is 1.51. The highest BCUT2D eigenvalue weighted by atomic mass is 16.6. The van der Waals surface area contributed by atoms with Gasteiger partial charge in [0, 0.05) is 13.2 Å². The minimum Gasteiger partial charge on any atom is -0.423 e. The van der Waals surface area contributed by atoms with Crippen LogP contribution < -0.4 is 10.9 Å². The predicted molar refractivity (Wildman–Crippen MR) is 58.2 cm³/mol. The van der Waals surface area contributed by atoms with E-state index in [1.54, 1.807) is 24.3 Å². The summed E-state index contributed by atoms with van der Waals surface area (Å²) < 4.78 is 10.8. The second kappa shape index (κ2) is 4.81. The van der Waals surface area contributed by atoms with Gasteiger partial charge in [0.2, 0.25) is 0 Å². The number of hydrogen-bond acceptors (Lipinski definition) is 4. The molecule has 2 rings (SSSR count). The molecule has 0 amide bonds. The largest absolute Gasteiger partial charge is 0.493 e. The third kappa shape index (κ3) is 2.60. The van der Waals surface area contributed by atoms with Crippen LogP contribution in [-0.2, 0) is 9.31 Å². The van der Waals surface area contributed by atoms with Crippen molar-refractivity contribution in [1.29, 1.82) is 0 Å². The molecule has 0 bridgehead atoms. The molecule has 2 N–H and O–H groups in total. The average molecular weight is 206 g/mol. The van der Waals surface area contributed by atoms with Crippen LogP contribution in [0.15, 0.2) is 24.3 Å². The van der Waals surface area contributed by atoms with E-state index in [1.165, 1.54) is 0 Å². The Morgan fingerprint density at radius 1 is 1.07 bits per heavy atom. The third-order valence-corrected chi connectivity index (χ3v) is 2.33. The number of rotatable bonds is 2. The molecule has 0 atom stereocenters. The van der Waals surface area contributed by atoms with Gasteiger partial charge in [-0.05, 0) is 17.3 Å². The molecule has 15 heavy (non-hydrogen) atoms. The summed E-state index contributed by atoms with van der Waals surface area (Å²) in [5.41, 5.74) is 1.37. The molecular weight excluding hydrogens is 194 g/mol. The van der Waals surface area contributed by atoms with Crippen LogP contribution >= 0.6 is 0 Å². The van der Waals surface area contributed by atoms with Gasteiger partial charge in [-0.1, -0.05) is 24.3 Å². The molecule has 1 fully saturated rings. The normalized spacial score (nSPS) is 16.5. The van der Waals surface area contributed by atoms with Crippen molar-refractivity contribution >= 4 is 25.2 Å². The lowest BCUT2D eigenvalue weighted by Crippen LogP contribution is -2.42. The van der Waals surface area contributed by atoms with Gasteiger partial charge in [0.05, 0.1) is 0 Å². The molecule has 0 spiro atoms. The summed E-state index contributed by atoms with van der Waals surface area (Å²) in [5.74, 6) is 0. The van der Waals surface area contributed by atoms with E-state index in [0.29, 0.717) is 18.7 Å². The van der Waals surface area contributed by atoms with Crippen LogP contribution in [0.4, 0.5) is 0 Å². The van der Waals surface area contributed by atoms with E-state index < -0.39 is 7.12 Å². The van der Waals surface area contributed by atoms with Crippen molar-refractivity contribution < 1.29 is 19.4 Å². The van der Waals surface area contributed by atoms with Gasteiger partial charge in [-0.3, -0.25) is 0 Å². The third-order valence-electron chi connectivity index (χ3n) is 2.33. The van der Waals surface area contributed by atoms with Crippen molar-refractivity contribution in [2.24, 2.45) is 0 Å². The topological polar surface area (TPSA) is 58.9 Å². The minimum absolute atomic E-state index is 0.316. The summed E-state index contributed by atoms with van der Waals surface area (Å²) in [4.78, 5) is 0. The molecule has 78 valence electrons. The molecule has 0 unspecified atom stereocenters. The van der Waals surface area contributed by atoms with E-state index in [-0.39, 0.29) is 7.12 Å². The molecule has 6 heteroatoms. The van der Waals surface area contributed by atoms with Gasteiger partial charge in [-0.25, -0.2) is 0 Å². The monoisotopic (exact) mass is 206 g/mol. The first-order valence-electron chi connectivity index (χ1n) is 4.96. The highest BCUT2D eigenvalue weighted by Gasteiger charge is 2.24. The Morgan fingerprint density at radius 3 is 2.20 bits per heavy atom. The standard InChI is InChI=1S/C9H12B2O4/c12-10(13)8-2-4-9(5-3-8)11-14-6-1-7-15-11/h2-5,12-13H,1,6-7H2. The van der Waals surface area contributed by atoms with Crippen LogP contribution in [0, 0.1) is 0 Å². The summed E-state index contributed by atoms with van der Waals surface area (Å²) in [6, 6.07) is 6.87. The van der Waals surface area contributed by atoms with E-state index >= 15 is 0 Å². The van der Waals surface area contributed by atoms with Crippen LogP contribution in [0.3, 0.4) is 0 Å². The molecule has 0 saturated carbocycles. The maximum absolute atomic E-state index is 8.92. The zero-order valence-electron chi connectivity index (χ0n) is 8.30. The van der Waals surface area contributed by atoms with Gasteiger partial charge in [0.15, 0.2) is 0 Å². The maximum Gasteiger partial charge on any atom is 0.493 e. The molecule has 0 radical (unpaired) electrons. The first kappa shape index (κ1) is 10.7. The van der Waals surface area contributed by atoms with Gasteiger partial charge in [0.1, 0.15) is 0 Å². The molecule has 1 saturated heterocycles. The Hall–Kier alpha value is -0.810. The van der Waals surface area contributed by atoms with Crippen LogP contribution in [0.5, 0.6) is 0 Å². The van der Waals surface area contributed by atoms with Crippen LogP contribution in [-0.4, -0.2) is 37.5 Å². The van der Waals surface area contributed by atoms with Gasteiger partial charge in [-0.2, -0.15) is 0 Å². The Morgan fingerprint density at radius 2 is 1.67 bits per heavy atom. The van der Waals surface area contributed by atoms with Gasteiger partial charge in [-0.15, -0.1) is 0 Å². The lowest BCUT2D eigenvalue weighted by Gasteiger charge is -2.19. The lowest BCUT2D eigenvalue weighted by molar-refractivity contribution is 0.143. The van der Waals surface area contributed by atoms with Crippen molar-refractivity contribution in [3.8, 4) is 0 Å². The summed E-state index contributed by atoms with van der Waals surface area (Å²) in [6.45, 7) is 1.41. The molecule has 0 aliphatic carbocycles. The van der Waals surface area contributed by atoms with E-state index in [1.807, 2.05) is 0 Å². The van der Waals surface area contributed by atoms with Crippen molar-refractivity contribution in [1.82, 2.24) is 0 Å². The number of hydrogen-bond donors (Lipinski definition) is 2. The fourth-order valence-corrected chi connectivity index (χ4v) is 1.51. The summed E-state index contributed by atoms with van der Waals surface area (Å²) in [7, 11) is -1.74. The molecule has 1 aromatic carbocycles. The molecule has 1 aromatic rings. The van der Waals surface area contributed by atoms with E-state index in [2.05, 4.69) is 0 Å². The minimum atomic E-state index is -1.42. The average Bonchev–Trinajstić information content (AvgIpc) is 2.30. The quantitative estimate of drug-likeness (QED) is 0.578. The molecule has 4 nitrogen and oxygen atoms in total. The summed E-state index contributed by atoms with van der Waals surface area (Å²) >= 11 is 0. The second-order valence-corrected chi connectivity index (χ2v) is 3.47. The lowest BCUT2D eigenvalue weighted by atomic mass is 9.74. The Labute approximate surface area is 89.1 Å². The zero-order chi connectivity index (χ0) is 10.7. The maximum atomic E-state index is 8.92. The molecule has 1 aliphatic heterocycles. The Balaban J connectivity index is 2.08. The van der Waals surface area contributed by atoms with Crippen LogP contribution in [0.2, 0.25) is 0 Å². The van der Waals surface area contributed by atoms with Crippen molar-refractivity contribution in [3.63, 3.8) is 0 Å². The van der Waals surface area contributed by atoms with E-state index in [9.17, 15) is 0 Å². The predicted octanol–water partition coefficient (Wildman–Crippen LogP) is -1.50. The summed E-state index contributed by atoms with van der Waals surface area (Å²) in [5, 5.41) is 17.8. The highest BCUT2D eigenvalue weighted by Crippen LogP contribution is 2.01. The second-order valence-electron chi connectivity index (χ2n) is 3.47. The Bertz CT molecular complexity index is 308. The molecule has 1 heterocycles. The van der Waals surface area contributed by atoms with E-state index in [0.717, 1.165) is 11.9 Å². The number of benzene rings is 1. The summed E-state index contributed by atoms with van der Waals surface area (Å²) in [6.07, 6.45) is 0.921. The highest BCUT2D eigenvalue weighted by molar-refractivity contribution is 6.62. The first-order chi connectivity index (χ1) is 7.27. The zero-order valence-corrected chi connectivity index (χ0v) is 8.30. The Kier molecular flexibility index (Phi) is 3.43.